The summed E-state index contributed by atoms with van der Waals surface area (Å²) < 4.78 is 0. The smallest absolute Gasteiger partial charge is 0.140 e. The fraction of sp³-hybridized carbons (Fsp3) is 0.909. The molecule has 1 unspecified atom stereocenters. The van der Waals surface area contributed by atoms with Crippen LogP contribution in [0, 0.1) is 5.41 Å². The average Bonchev–Trinajstić information content (AvgIpc) is 2.11. The third-order valence-corrected chi connectivity index (χ3v) is 3.67. The molecule has 14 heavy (non-hydrogen) atoms. The van der Waals surface area contributed by atoms with Crippen molar-refractivity contribution in [3.05, 3.63) is 0 Å². The van der Waals surface area contributed by atoms with E-state index in [-0.39, 0.29) is 17.8 Å². The van der Waals surface area contributed by atoms with Crippen molar-refractivity contribution in [1.29, 1.82) is 0 Å². The van der Waals surface area contributed by atoms with Crippen LogP contribution in [0.4, 0.5) is 0 Å². The first-order valence-corrected chi connectivity index (χ1v) is 5.45. The first kappa shape index (κ1) is 12.0. The molecule has 82 valence electrons. The summed E-state index contributed by atoms with van der Waals surface area (Å²) in [4.78, 5) is 14.2. The topological polar surface area (TPSA) is 20.3 Å². The van der Waals surface area contributed by atoms with Crippen molar-refractivity contribution in [3.63, 3.8) is 0 Å². The summed E-state index contributed by atoms with van der Waals surface area (Å²) in [6.45, 7) is 2.20. The number of hydrogen-bond acceptors (Lipinski definition) is 2. The lowest BCUT2D eigenvalue weighted by molar-refractivity contribution is -0.134. The lowest BCUT2D eigenvalue weighted by Crippen LogP contribution is -2.47. The molecule has 0 bridgehead atoms. The van der Waals surface area contributed by atoms with Crippen molar-refractivity contribution < 1.29 is 4.79 Å². The van der Waals surface area contributed by atoms with E-state index in [0.717, 1.165) is 32.2 Å². The van der Waals surface area contributed by atoms with Gasteiger partial charge in [-0.25, -0.2) is 0 Å². The monoisotopic (exact) mass is 217 g/mol. The van der Waals surface area contributed by atoms with E-state index in [1.807, 2.05) is 0 Å². The molecule has 1 aliphatic heterocycles. The Kier molecular flexibility index (Phi) is 3.96. The van der Waals surface area contributed by atoms with Crippen molar-refractivity contribution in [2.24, 2.45) is 5.41 Å². The molecule has 0 radical (unpaired) electrons. The van der Waals surface area contributed by atoms with E-state index in [0.29, 0.717) is 5.78 Å². The Hall–Kier alpha value is -0.0800. The van der Waals surface area contributed by atoms with Gasteiger partial charge in [0.2, 0.25) is 0 Å². The molecule has 1 saturated heterocycles. The van der Waals surface area contributed by atoms with E-state index in [1.165, 1.54) is 19.4 Å². The highest BCUT2D eigenvalue weighted by Crippen LogP contribution is 2.40. The molecular weight excluding hydrogens is 198 g/mol. The number of carbonyl (C=O) groups is 1. The van der Waals surface area contributed by atoms with Gasteiger partial charge < -0.3 is 4.90 Å². The minimum Gasteiger partial charge on any atom is -0.305 e. The van der Waals surface area contributed by atoms with Crippen molar-refractivity contribution in [2.75, 3.05) is 20.1 Å². The van der Waals surface area contributed by atoms with Crippen LogP contribution in [0.5, 0.6) is 0 Å². The second-order valence-corrected chi connectivity index (χ2v) is 4.75. The zero-order chi connectivity index (χ0) is 9.31. The van der Waals surface area contributed by atoms with E-state index in [4.69, 9.17) is 0 Å². The van der Waals surface area contributed by atoms with E-state index >= 15 is 0 Å². The Balaban J connectivity index is 0.000000980. The fourth-order valence-electron chi connectivity index (χ4n) is 2.95. The van der Waals surface area contributed by atoms with Crippen LogP contribution in [0.1, 0.15) is 38.5 Å². The molecule has 1 atom stereocenters. The molecule has 0 aromatic carbocycles. The van der Waals surface area contributed by atoms with Gasteiger partial charge in [-0.3, -0.25) is 4.79 Å². The van der Waals surface area contributed by atoms with Gasteiger partial charge >= 0.3 is 0 Å². The molecule has 2 aliphatic rings. The molecule has 1 spiro atoms. The highest BCUT2D eigenvalue weighted by molar-refractivity contribution is 5.86. The Morgan fingerprint density at radius 2 is 1.93 bits per heavy atom. The van der Waals surface area contributed by atoms with Gasteiger partial charge in [0.25, 0.3) is 0 Å². The van der Waals surface area contributed by atoms with Gasteiger partial charge in [-0.2, -0.15) is 0 Å². The summed E-state index contributed by atoms with van der Waals surface area (Å²) in [6, 6.07) is 0. The number of rotatable bonds is 0. The second kappa shape index (κ2) is 4.63. The lowest BCUT2D eigenvalue weighted by atomic mass is 9.68. The van der Waals surface area contributed by atoms with E-state index in [9.17, 15) is 4.79 Å². The quantitative estimate of drug-likeness (QED) is 0.621. The van der Waals surface area contributed by atoms with Gasteiger partial charge in [0.05, 0.1) is 0 Å². The molecule has 3 heteroatoms. The summed E-state index contributed by atoms with van der Waals surface area (Å²) in [7, 11) is 2.14. The van der Waals surface area contributed by atoms with Gasteiger partial charge in [-0.1, -0.05) is 6.42 Å². The highest BCUT2D eigenvalue weighted by Gasteiger charge is 2.41. The number of carbonyl (C=O) groups excluding carboxylic acids is 1. The number of hydrogen-bond donors (Lipinski definition) is 0. The maximum absolute atomic E-state index is 11.9. The van der Waals surface area contributed by atoms with Crippen LogP contribution in [-0.4, -0.2) is 30.8 Å². The maximum Gasteiger partial charge on any atom is 0.140 e. The van der Waals surface area contributed by atoms with Crippen LogP contribution < -0.4 is 0 Å². The van der Waals surface area contributed by atoms with Gasteiger partial charge in [0, 0.05) is 18.4 Å². The number of halogens is 1. The normalized spacial score (nSPS) is 34.2. The van der Waals surface area contributed by atoms with Crippen LogP contribution >= 0.6 is 12.4 Å². The van der Waals surface area contributed by atoms with Crippen LogP contribution in [0.15, 0.2) is 0 Å². The average molecular weight is 218 g/mol. The second-order valence-electron chi connectivity index (χ2n) is 4.75. The summed E-state index contributed by atoms with van der Waals surface area (Å²) in [5.41, 5.74) is 0.0747. The van der Waals surface area contributed by atoms with E-state index in [2.05, 4.69) is 11.9 Å². The molecule has 0 aromatic heterocycles. The minimum atomic E-state index is 0. The predicted octanol–water partition coefficient (Wildman–Crippen LogP) is 2.26. The summed E-state index contributed by atoms with van der Waals surface area (Å²) in [5, 5.41) is 0. The Morgan fingerprint density at radius 1 is 1.21 bits per heavy atom. The molecular formula is C11H20ClNO. The number of ketones is 1. The first-order valence-electron chi connectivity index (χ1n) is 5.45. The van der Waals surface area contributed by atoms with Crippen LogP contribution in [0.25, 0.3) is 0 Å². The molecule has 0 amide bonds. The van der Waals surface area contributed by atoms with Gasteiger partial charge in [-0.15, -0.1) is 12.4 Å². The van der Waals surface area contributed by atoms with E-state index in [1.54, 1.807) is 0 Å². The third-order valence-electron chi connectivity index (χ3n) is 3.67. The van der Waals surface area contributed by atoms with Crippen molar-refractivity contribution in [3.8, 4) is 0 Å². The Labute approximate surface area is 92.5 Å². The summed E-state index contributed by atoms with van der Waals surface area (Å²) >= 11 is 0. The standard InChI is InChI=1S/C11H19NO.ClH/c1-12-8-4-7-11(9-12)6-3-2-5-10(11)13;/h2-9H2,1H3;1H. The fourth-order valence-corrected chi connectivity index (χ4v) is 2.95. The number of nitrogens with zero attached hydrogens (tertiary/aromatic N) is 1. The minimum absolute atomic E-state index is 0. The molecule has 1 heterocycles. The molecule has 1 aliphatic carbocycles. The number of piperidine rings is 1. The van der Waals surface area contributed by atoms with Crippen LogP contribution in [-0.2, 0) is 4.79 Å². The molecule has 0 aromatic rings. The Bertz CT molecular complexity index is 215. The predicted molar refractivity (Wildman–Crippen MR) is 59.9 cm³/mol. The van der Waals surface area contributed by atoms with Crippen molar-refractivity contribution >= 4 is 18.2 Å². The SMILES string of the molecule is CN1CCCC2(CCCCC2=O)C1.Cl. The molecule has 2 nitrogen and oxygen atoms in total. The van der Waals surface area contributed by atoms with Gasteiger partial charge in [0.1, 0.15) is 5.78 Å². The Morgan fingerprint density at radius 3 is 2.57 bits per heavy atom. The van der Waals surface area contributed by atoms with Crippen molar-refractivity contribution in [1.82, 2.24) is 4.90 Å². The maximum atomic E-state index is 11.9. The molecule has 0 N–H and O–H groups in total. The summed E-state index contributed by atoms with van der Waals surface area (Å²) in [5.74, 6) is 0.547. The number of Topliss-reactive ketones (excluding diaryl/α,β-unsaturated/α-hetero) is 1. The zero-order valence-corrected chi connectivity index (χ0v) is 9.74. The third kappa shape index (κ3) is 2.12. The first-order chi connectivity index (χ1) is 6.23. The zero-order valence-electron chi connectivity index (χ0n) is 8.92. The van der Waals surface area contributed by atoms with Crippen LogP contribution in [0.3, 0.4) is 0 Å². The molecule has 2 fully saturated rings. The van der Waals surface area contributed by atoms with E-state index < -0.39 is 0 Å². The highest BCUT2D eigenvalue weighted by atomic mass is 35.5. The largest absolute Gasteiger partial charge is 0.305 e. The van der Waals surface area contributed by atoms with Crippen LogP contribution in [0.2, 0.25) is 0 Å². The number of likely N-dealkylation sites (tertiary alicyclic amines) is 1. The lowest BCUT2D eigenvalue weighted by Gasteiger charge is -2.42. The summed E-state index contributed by atoms with van der Waals surface area (Å²) in [6.07, 6.45) is 6.74. The molecule has 1 saturated carbocycles. The molecule has 2 rings (SSSR count). The van der Waals surface area contributed by atoms with Gasteiger partial charge in [-0.05, 0) is 39.3 Å². The van der Waals surface area contributed by atoms with Gasteiger partial charge in [0.15, 0.2) is 0 Å². The van der Waals surface area contributed by atoms with Crippen molar-refractivity contribution in [2.45, 2.75) is 38.5 Å².